The van der Waals surface area contributed by atoms with Gasteiger partial charge in [0.2, 0.25) is 10.9 Å². The molecule has 4 aromatic rings. The first-order valence-electron chi connectivity index (χ1n) is 9.91. The zero-order valence-corrected chi connectivity index (χ0v) is 19.2. The van der Waals surface area contributed by atoms with E-state index in [1.807, 2.05) is 24.3 Å². The van der Waals surface area contributed by atoms with Gasteiger partial charge in [-0.3, -0.25) is 14.5 Å². The summed E-state index contributed by atoms with van der Waals surface area (Å²) < 4.78 is 6.81. The maximum absolute atomic E-state index is 13.5. The first kappa shape index (κ1) is 20.1. The van der Waals surface area contributed by atoms with Crippen molar-refractivity contribution in [3.05, 3.63) is 85.1 Å². The molecule has 2 aromatic carbocycles. The van der Waals surface area contributed by atoms with E-state index >= 15 is 0 Å². The number of hydrogen-bond donors (Lipinski definition) is 0. The summed E-state index contributed by atoms with van der Waals surface area (Å²) in [4.78, 5) is 28.5. The lowest BCUT2D eigenvalue weighted by atomic mass is 9.99. The molecule has 5 rings (SSSR count). The maximum Gasteiger partial charge on any atom is 0.297 e. The number of nitrogens with zero attached hydrogens (tertiary/aromatic N) is 3. The average molecular weight is 496 g/mol. The van der Waals surface area contributed by atoms with E-state index in [1.165, 1.54) is 16.2 Å². The van der Waals surface area contributed by atoms with Crippen molar-refractivity contribution in [1.29, 1.82) is 0 Å². The van der Waals surface area contributed by atoms with E-state index in [2.05, 4.69) is 40.0 Å². The van der Waals surface area contributed by atoms with Gasteiger partial charge in [0, 0.05) is 10.9 Å². The fourth-order valence-corrected chi connectivity index (χ4v) is 5.38. The van der Waals surface area contributed by atoms with Gasteiger partial charge >= 0.3 is 0 Å². The Kier molecular flexibility index (Phi) is 4.98. The summed E-state index contributed by atoms with van der Waals surface area (Å²) in [5.74, 6) is 0.103. The molecule has 0 radical (unpaired) electrons. The van der Waals surface area contributed by atoms with E-state index in [1.54, 1.807) is 24.3 Å². The molecule has 8 heteroatoms. The Hall–Kier alpha value is -2.84. The van der Waals surface area contributed by atoms with Gasteiger partial charge in [0.15, 0.2) is 5.43 Å². The topological polar surface area (TPSA) is 76.3 Å². The zero-order chi connectivity index (χ0) is 21.7. The SMILES string of the molecule is CC(C)Cc1nnc(N2C(=O)c3oc4ccccc4c(=O)c3C2c2cccc(Br)c2)s1. The van der Waals surface area contributed by atoms with Crippen LogP contribution in [0.1, 0.15) is 46.6 Å². The molecule has 1 unspecified atom stereocenters. The van der Waals surface area contributed by atoms with Crippen LogP contribution < -0.4 is 10.3 Å². The minimum absolute atomic E-state index is 0.0642. The average Bonchev–Trinajstić information content (AvgIpc) is 3.30. The summed E-state index contributed by atoms with van der Waals surface area (Å²) in [6, 6.07) is 13.9. The first-order chi connectivity index (χ1) is 14.9. The largest absolute Gasteiger partial charge is 0.450 e. The molecule has 2 aromatic heterocycles. The van der Waals surface area contributed by atoms with Gasteiger partial charge in [-0.1, -0.05) is 65.4 Å². The van der Waals surface area contributed by atoms with Gasteiger partial charge in [0.1, 0.15) is 10.6 Å². The number of aromatic nitrogens is 2. The molecular weight excluding hydrogens is 478 g/mol. The third-order valence-corrected chi connectivity index (χ3v) is 6.63. The van der Waals surface area contributed by atoms with Crippen molar-refractivity contribution < 1.29 is 9.21 Å². The number of amides is 1. The Labute approximate surface area is 190 Å². The number of halogens is 1. The highest BCUT2D eigenvalue weighted by Crippen LogP contribution is 2.42. The molecule has 1 aliphatic rings. The van der Waals surface area contributed by atoms with Crippen LogP contribution in [0.15, 0.2) is 62.2 Å². The van der Waals surface area contributed by atoms with Crippen molar-refractivity contribution in [3.63, 3.8) is 0 Å². The fourth-order valence-electron chi connectivity index (χ4n) is 3.88. The molecule has 31 heavy (non-hydrogen) atoms. The van der Waals surface area contributed by atoms with Crippen LogP contribution in [-0.4, -0.2) is 16.1 Å². The molecule has 3 heterocycles. The standard InChI is InChI=1S/C23H18BrN3O3S/c1-12(2)10-17-25-26-23(31-17)27-19(13-6-5-7-14(24)11-13)18-20(28)15-8-3-4-9-16(15)30-21(18)22(27)29/h3-9,11-12,19H,10H2,1-2H3. The van der Waals surface area contributed by atoms with Crippen LogP contribution in [0, 0.1) is 5.92 Å². The van der Waals surface area contributed by atoms with Gasteiger partial charge in [-0.05, 0) is 35.7 Å². The number of anilines is 1. The van der Waals surface area contributed by atoms with Crippen molar-refractivity contribution in [2.75, 3.05) is 4.90 Å². The van der Waals surface area contributed by atoms with Gasteiger partial charge in [-0.2, -0.15) is 0 Å². The van der Waals surface area contributed by atoms with Gasteiger partial charge in [0.05, 0.1) is 17.0 Å². The van der Waals surface area contributed by atoms with E-state index in [0.717, 1.165) is 21.5 Å². The summed E-state index contributed by atoms with van der Waals surface area (Å²) in [7, 11) is 0. The number of para-hydroxylation sites is 1. The molecule has 0 saturated heterocycles. The van der Waals surface area contributed by atoms with Crippen molar-refractivity contribution in [2.45, 2.75) is 26.3 Å². The maximum atomic E-state index is 13.5. The Morgan fingerprint density at radius 3 is 2.71 bits per heavy atom. The van der Waals surface area contributed by atoms with E-state index in [9.17, 15) is 9.59 Å². The van der Waals surface area contributed by atoms with Crippen LogP contribution >= 0.6 is 27.3 Å². The highest BCUT2D eigenvalue weighted by Gasteiger charge is 2.45. The molecule has 0 aliphatic carbocycles. The predicted octanol–water partition coefficient (Wildman–Crippen LogP) is 5.36. The number of fused-ring (bicyclic) bond motifs is 2. The lowest BCUT2D eigenvalue weighted by Crippen LogP contribution is -2.29. The van der Waals surface area contributed by atoms with Crippen LogP contribution in [-0.2, 0) is 6.42 Å². The zero-order valence-electron chi connectivity index (χ0n) is 16.8. The molecule has 0 fully saturated rings. The molecule has 0 bridgehead atoms. The van der Waals surface area contributed by atoms with Crippen molar-refractivity contribution in [1.82, 2.24) is 10.2 Å². The highest BCUT2D eigenvalue weighted by molar-refractivity contribution is 9.10. The summed E-state index contributed by atoms with van der Waals surface area (Å²) in [6.45, 7) is 4.22. The van der Waals surface area contributed by atoms with Crippen molar-refractivity contribution in [2.24, 2.45) is 5.92 Å². The number of rotatable bonds is 4. The lowest BCUT2D eigenvalue weighted by Gasteiger charge is -2.22. The molecule has 0 N–H and O–H groups in total. The van der Waals surface area contributed by atoms with E-state index in [-0.39, 0.29) is 17.1 Å². The first-order valence-corrected chi connectivity index (χ1v) is 11.5. The number of benzene rings is 2. The minimum atomic E-state index is -0.638. The molecule has 0 saturated carbocycles. The Morgan fingerprint density at radius 2 is 1.94 bits per heavy atom. The van der Waals surface area contributed by atoms with Crippen molar-refractivity contribution in [3.8, 4) is 0 Å². The van der Waals surface area contributed by atoms with Crippen molar-refractivity contribution >= 4 is 49.3 Å². The Bertz CT molecular complexity index is 1380. The Balaban J connectivity index is 1.74. The molecule has 156 valence electrons. The predicted molar refractivity (Wildman–Crippen MR) is 124 cm³/mol. The van der Waals surface area contributed by atoms with Gasteiger partial charge < -0.3 is 4.42 Å². The second-order valence-corrected chi connectivity index (χ2v) is 9.84. The summed E-state index contributed by atoms with van der Waals surface area (Å²) in [6.07, 6.45) is 0.773. The van der Waals surface area contributed by atoms with Crippen LogP contribution in [0.25, 0.3) is 11.0 Å². The van der Waals surface area contributed by atoms with Gasteiger partial charge in [-0.25, -0.2) is 0 Å². The molecule has 6 nitrogen and oxygen atoms in total. The highest BCUT2D eigenvalue weighted by atomic mass is 79.9. The molecule has 1 aliphatic heterocycles. The second-order valence-electron chi connectivity index (χ2n) is 7.88. The molecule has 1 atom stereocenters. The summed E-state index contributed by atoms with van der Waals surface area (Å²) in [5, 5.41) is 10.3. The smallest absolute Gasteiger partial charge is 0.297 e. The third kappa shape index (κ3) is 3.40. The minimum Gasteiger partial charge on any atom is -0.450 e. The van der Waals surface area contributed by atoms with E-state index in [0.29, 0.717) is 27.6 Å². The van der Waals surface area contributed by atoms with Crippen LogP contribution in [0.2, 0.25) is 0 Å². The number of carbonyl (C=O) groups excluding carboxylic acids is 1. The summed E-state index contributed by atoms with van der Waals surface area (Å²) in [5.41, 5.74) is 1.32. The van der Waals surface area contributed by atoms with Crippen LogP contribution in [0.3, 0.4) is 0 Å². The van der Waals surface area contributed by atoms with Crippen LogP contribution in [0.4, 0.5) is 5.13 Å². The molecule has 0 spiro atoms. The Morgan fingerprint density at radius 1 is 1.13 bits per heavy atom. The second kappa shape index (κ2) is 7.69. The quantitative estimate of drug-likeness (QED) is 0.381. The van der Waals surface area contributed by atoms with E-state index < -0.39 is 6.04 Å². The van der Waals surface area contributed by atoms with Crippen LogP contribution in [0.5, 0.6) is 0 Å². The lowest BCUT2D eigenvalue weighted by molar-refractivity contribution is 0.0970. The number of hydrogen-bond acceptors (Lipinski definition) is 6. The summed E-state index contributed by atoms with van der Waals surface area (Å²) >= 11 is 4.87. The molecule has 1 amide bonds. The fraction of sp³-hybridized carbons (Fsp3) is 0.217. The van der Waals surface area contributed by atoms with Gasteiger partial charge in [0.25, 0.3) is 5.91 Å². The number of carbonyl (C=O) groups is 1. The normalized spacial score (nSPS) is 15.8. The molecular formula is C23H18BrN3O3S. The van der Waals surface area contributed by atoms with Gasteiger partial charge in [-0.15, -0.1) is 10.2 Å². The monoisotopic (exact) mass is 495 g/mol. The third-order valence-electron chi connectivity index (χ3n) is 5.19. The van der Waals surface area contributed by atoms with E-state index in [4.69, 9.17) is 4.42 Å².